The average Bonchev–Trinajstić information content (AvgIpc) is 3.03. The number of anilines is 1. The second-order valence-corrected chi connectivity index (χ2v) is 5.02. The second kappa shape index (κ2) is 6.35. The van der Waals surface area contributed by atoms with E-state index in [-0.39, 0.29) is 5.91 Å². The molecule has 0 atom stereocenters. The predicted molar refractivity (Wildman–Crippen MR) is 85.9 cm³/mol. The molecular formula is C16H16N6O. The molecule has 0 saturated carbocycles. The third kappa shape index (κ3) is 3.23. The first-order chi connectivity index (χ1) is 11.2. The van der Waals surface area contributed by atoms with Crippen molar-refractivity contribution in [1.82, 2.24) is 25.2 Å². The SMILES string of the molecule is CCn1nnnc1-c1cccc(C(=O)Nc2cccc(C)n2)c1. The summed E-state index contributed by atoms with van der Waals surface area (Å²) in [6.45, 7) is 4.49. The molecule has 0 saturated heterocycles. The molecule has 0 aliphatic carbocycles. The zero-order chi connectivity index (χ0) is 16.2. The van der Waals surface area contributed by atoms with Crippen LogP contribution in [0.2, 0.25) is 0 Å². The first kappa shape index (κ1) is 14.8. The molecule has 7 heteroatoms. The van der Waals surface area contributed by atoms with Gasteiger partial charge in [0.25, 0.3) is 5.91 Å². The smallest absolute Gasteiger partial charge is 0.256 e. The Morgan fingerprint density at radius 3 is 2.83 bits per heavy atom. The quantitative estimate of drug-likeness (QED) is 0.799. The molecular weight excluding hydrogens is 292 g/mol. The number of aromatic nitrogens is 5. The zero-order valence-corrected chi connectivity index (χ0v) is 12.9. The molecule has 0 unspecified atom stereocenters. The van der Waals surface area contributed by atoms with Gasteiger partial charge in [0.15, 0.2) is 5.82 Å². The van der Waals surface area contributed by atoms with Crippen molar-refractivity contribution < 1.29 is 4.79 Å². The van der Waals surface area contributed by atoms with Crippen molar-refractivity contribution in [1.29, 1.82) is 0 Å². The Morgan fingerprint density at radius 1 is 1.22 bits per heavy atom. The maximum absolute atomic E-state index is 12.4. The van der Waals surface area contributed by atoms with Crippen molar-refractivity contribution in [3.8, 4) is 11.4 Å². The average molecular weight is 308 g/mol. The Balaban J connectivity index is 1.86. The number of hydrogen-bond donors (Lipinski definition) is 1. The summed E-state index contributed by atoms with van der Waals surface area (Å²) in [5, 5.41) is 14.4. The molecule has 2 heterocycles. The maximum Gasteiger partial charge on any atom is 0.256 e. The number of hydrogen-bond acceptors (Lipinski definition) is 5. The number of nitrogens with one attached hydrogen (secondary N) is 1. The van der Waals surface area contributed by atoms with Gasteiger partial charge in [0.1, 0.15) is 5.82 Å². The number of carbonyl (C=O) groups is 1. The Bertz CT molecular complexity index is 842. The van der Waals surface area contributed by atoms with Crippen molar-refractivity contribution >= 4 is 11.7 Å². The molecule has 0 aliphatic heterocycles. The highest BCUT2D eigenvalue weighted by molar-refractivity contribution is 6.04. The summed E-state index contributed by atoms with van der Waals surface area (Å²) >= 11 is 0. The Hall–Kier alpha value is -3.09. The molecule has 116 valence electrons. The number of carbonyl (C=O) groups excluding carboxylic acids is 1. The predicted octanol–water partition coefficient (Wildman–Crippen LogP) is 2.32. The molecule has 0 radical (unpaired) electrons. The van der Waals surface area contributed by atoms with Crippen LogP contribution in [0.4, 0.5) is 5.82 Å². The minimum atomic E-state index is -0.222. The van der Waals surface area contributed by atoms with E-state index in [0.29, 0.717) is 23.8 Å². The Labute approximate surface area is 133 Å². The molecule has 7 nitrogen and oxygen atoms in total. The standard InChI is InChI=1S/C16H16N6O/c1-3-22-15(19-20-21-22)12-7-5-8-13(10-12)16(23)18-14-9-4-6-11(2)17-14/h4-10H,3H2,1-2H3,(H,17,18,23). The van der Waals surface area contributed by atoms with Gasteiger partial charge in [-0.05, 0) is 48.5 Å². The molecule has 3 aromatic rings. The number of amides is 1. The van der Waals surface area contributed by atoms with Crippen LogP contribution in [0.1, 0.15) is 23.0 Å². The number of aryl methyl sites for hydroxylation is 2. The van der Waals surface area contributed by atoms with Crippen molar-refractivity contribution in [3.63, 3.8) is 0 Å². The van der Waals surface area contributed by atoms with Crippen molar-refractivity contribution in [2.45, 2.75) is 20.4 Å². The molecule has 0 aliphatic rings. The monoisotopic (exact) mass is 308 g/mol. The largest absolute Gasteiger partial charge is 0.307 e. The summed E-state index contributed by atoms with van der Waals surface area (Å²) in [5.74, 6) is 0.940. The van der Waals surface area contributed by atoms with Gasteiger partial charge in [-0.15, -0.1) is 5.10 Å². The summed E-state index contributed by atoms with van der Waals surface area (Å²) in [7, 11) is 0. The lowest BCUT2D eigenvalue weighted by Crippen LogP contribution is -2.13. The molecule has 0 bridgehead atoms. The Kier molecular flexibility index (Phi) is 4.09. The number of tetrazole rings is 1. The minimum absolute atomic E-state index is 0.222. The van der Waals surface area contributed by atoms with Crippen LogP contribution in [0.3, 0.4) is 0 Å². The zero-order valence-electron chi connectivity index (χ0n) is 12.9. The maximum atomic E-state index is 12.4. The van der Waals surface area contributed by atoms with Gasteiger partial charge >= 0.3 is 0 Å². The Morgan fingerprint density at radius 2 is 2.04 bits per heavy atom. The van der Waals surface area contributed by atoms with E-state index in [2.05, 4.69) is 25.8 Å². The van der Waals surface area contributed by atoms with E-state index in [9.17, 15) is 4.79 Å². The highest BCUT2D eigenvalue weighted by Crippen LogP contribution is 2.18. The van der Waals surface area contributed by atoms with Gasteiger partial charge < -0.3 is 5.32 Å². The highest BCUT2D eigenvalue weighted by Gasteiger charge is 2.12. The molecule has 0 fully saturated rings. The van der Waals surface area contributed by atoms with Crippen molar-refractivity contribution in [2.75, 3.05) is 5.32 Å². The van der Waals surface area contributed by atoms with E-state index in [0.717, 1.165) is 11.3 Å². The van der Waals surface area contributed by atoms with Gasteiger partial charge in [-0.3, -0.25) is 4.79 Å². The molecule has 1 aromatic carbocycles. The van der Waals surface area contributed by atoms with Crippen LogP contribution in [0.25, 0.3) is 11.4 Å². The van der Waals surface area contributed by atoms with E-state index in [1.807, 2.05) is 38.1 Å². The second-order valence-electron chi connectivity index (χ2n) is 5.02. The van der Waals surface area contributed by atoms with Crippen LogP contribution < -0.4 is 5.32 Å². The fourth-order valence-corrected chi connectivity index (χ4v) is 2.23. The third-order valence-corrected chi connectivity index (χ3v) is 3.34. The van der Waals surface area contributed by atoms with Crippen LogP contribution in [-0.4, -0.2) is 31.1 Å². The molecule has 1 N–H and O–H groups in total. The van der Waals surface area contributed by atoms with Gasteiger partial charge in [0.05, 0.1) is 0 Å². The van der Waals surface area contributed by atoms with E-state index < -0.39 is 0 Å². The van der Waals surface area contributed by atoms with Gasteiger partial charge in [-0.25, -0.2) is 9.67 Å². The van der Waals surface area contributed by atoms with Crippen molar-refractivity contribution in [3.05, 3.63) is 53.7 Å². The van der Waals surface area contributed by atoms with Gasteiger partial charge in [0, 0.05) is 23.4 Å². The highest BCUT2D eigenvalue weighted by atomic mass is 16.1. The van der Waals surface area contributed by atoms with E-state index >= 15 is 0 Å². The molecule has 2 aromatic heterocycles. The van der Waals surface area contributed by atoms with Crippen LogP contribution in [0.15, 0.2) is 42.5 Å². The number of pyridine rings is 1. The lowest BCUT2D eigenvalue weighted by atomic mass is 10.1. The lowest BCUT2D eigenvalue weighted by Gasteiger charge is -2.07. The van der Waals surface area contributed by atoms with Gasteiger partial charge in [-0.2, -0.15) is 0 Å². The van der Waals surface area contributed by atoms with E-state index in [1.54, 1.807) is 22.9 Å². The number of rotatable bonds is 4. The summed E-state index contributed by atoms with van der Waals surface area (Å²) in [6, 6.07) is 12.7. The van der Waals surface area contributed by atoms with Crippen LogP contribution in [0.5, 0.6) is 0 Å². The first-order valence-electron chi connectivity index (χ1n) is 7.29. The molecule has 1 amide bonds. The van der Waals surface area contributed by atoms with Crippen LogP contribution in [0, 0.1) is 6.92 Å². The molecule has 23 heavy (non-hydrogen) atoms. The minimum Gasteiger partial charge on any atom is -0.307 e. The number of benzene rings is 1. The molecule has 3 rings (SSSR count). The fraction of sp³-hybridized carbons (Fsp3) is 0.188. The fourth-order valence-electron chi connectivity index (χ4n) is 2.23. The molecule has 0 spiro atoms. The van der Waals surface area contributed by atoms with Crippen LogP contribution in [-0.2, 0) is 6.54 Å². The number of nitrogens with zero attached hydrogens (tertiary/aromatic N) is 5. The summed E-state index contributed by atoms with van der Waals surface area (Å²) in [4.78, 5) is 16.7. The van der Waals surface area contributed by atoms with E-state index in [4.69, 9.17) is 0 Å². The topological polar surface area (TPSA) is 85.6 Å². The summed E-state index contributed by atoms with van der Waals surface area (Å²) in [6.07, 6.45) is 0. The van der Waals surface area contributed by atoms with Gasteiger partial charge in [0.2, 0.25) is 0 Å². The first-order valence-corrected chi connectivity index (χ1v) is 7.29. The third-order valence-electron chi connectivity index (χ3n) is 3.34. The van der Waals surface area contributed by atoms with Crippen LogP contribution >= 0.6 is 0 Å². The van der Waals surface area contributed by atoms with Gasteiger partial charge in [-0.1, -0.05) is 18.2 Å². The normalized spacial score (nSPS) is 10.5. The summed E-state index contributed by atoms with van der Waals surface area (Å²) < 4.78 is 1.68. The summed E-state index contributed by atoms with van der Waals surface area (Å²) in [5.41, 5.74) is 2.16. The van der Waals surface area contributed by atoms with E-state index in [1.165, 1.54) is 0 Å². The van der Waals surface area contributed by atoms with Crippen molar-refractivity contribution in [2.24, 2.45) is 0 Å². The lowest BCUT2D eigenvalue weighted by molar-refractivity contribution is 0.102.